The fraction of sp³-hybridized carbons (Fsp3) is 0.350. The standard InChI is InChI=1S/C20H19F3N8O2S/c21-13-4-6-15(29-17(32)14-5-3-12(9-24)10-26-14)28-16(13)20(18(22)23)11-34(33)27-7-1-2-8-31(34)19(25)30-20/h3-6,10,18H,1-2,7-8,11H2,(H2,25,30)(H,28,29,32)/t20-,34?/m0/s1. The summed E-state index contributed by atoms with van der Waals surface area (Å²) in [6.45, 7) is 0.409. The van der Waals surface area contributed by atoms with Crippen molar-refractivity contribution in [3.05, 3.63) is 53.2 Å². The van der Waals surface area contributed by atoms with Crippen molar-refractivity contribution in [2.24, 2.45) is 15.1 Å². The Bertz CT molecular complexity index is 1320. The average Bonchev–Trinajstić information content (AvgIpc) is 3.01. The number of pyridine rings is 2. The molecular formula is C20H19F3N8O2S. The van der Waals surface area contributed by atoms with E-state index in [1.54, 1.807) is 0 Å². The largest absolute Gasteiger partial charge is 0.369 e. The number of nitrogens with one attached hydrogen (secondary N) is 1. The van der Waals surface area contributed by atoms with Crippen LogP contribution in [0.4, 0.5) is 19.0 Å². The van der Waals surface area contributed by atoms with E-state index in [-0.39, 0.29) is 30.2 Å². The van der Waals surface area contributed by atoms with Crippen LogP contribution < -0.4 is 11.1 Å². The summed E-state index contributed by atoms with van der Waals surface area (Å²) in [5.74, 6) is -3.38. The van der Waals surface area contributed by atoms with Crippen molar-refractivity contribution in [3.63, 3.8) is 0 Å². The van der Waals surface area contributed by atoms with Crippen LogP contribution in [0.15, 0.2) is 39.8 Å². The Morgan fingerprint density at radius 3 is 2.76 bits per heavy atom. The zero-order chi connectivity index (χ0) is 24.5. The van der Waals surface area contributed by atoms with Crippen molar-refractivity contribution in [2.75, 3.05) is 24.2 Å². The molecule has 0 aromatic carbocycles. The maximum atomic E-state index is 14.9. The van der Waals surface area contributed by atoms with Crippen LogP contribution in [0.3, 0.4) is 0 Å². The second-order valence-electron chi connectivity index (χ2n) is 7.63. The predicted molar refractivity (Wildman–Crippen MR) is 117 cm³/mol. The monoisotopic (exact) mass is 492 g/mol. The first-order valence-electron chi connectivity index (χ1n) is 10.1. The van der Waals surface area contributed by atoms with Gasteiger partial charge in [0.1, 0.15) is 39.0 Å². The number of hydrogen-bond acceptors (Lipinski definition) is 8. The van der Waals surface area contributed by atoms with E-state index in [9.17, 15) is 22.2 Å². The Labute approximate surface area is 193 Å². The number of rotatable bonds is 4. The number of carbonyl (C=O) groups excluding carboxylic acids is 1. The van der Waals surface area contributed by atoms with Gasteiger partial charge in [-0.25, -0.2) is 36.7 Å². The van der Waals surface area contributed by atoms with Crippen LogP contribution in [0.2, 0.25) is 0 Å². The van der Waals surface area contributed by atoms with Gasteiger partial charge in [0.05, 0.1) is 17.9 Å². The lowest BCUT2D eigenvalue weighted by Gasteiger charge is -2.39. The molecule has 14 heteroatoms. The molecule has 2 aromatic rings. The van der Waals surface area contributed by atoms with Gasteiger partial charge in [0.25, 0.3) is 12.3 Å². The molecule has 2 atom stereocenters. The number of carbonyl (C=O) groups is 1. The normalized spacial score (nSPS) is 24.3. The van der Waals surface area contributed by atoms with Gasteiger partial charge in [-0.1, -0.05) is 0 Å². The fourth-order valence-electron chi connectivity index (χ4n) is 3.68. The second kappa shape index (κ2) is 8.90. The highest BCUT2D eigenvalue weighted by atomic mass is 32.2. The summed E-state index contributed by atoms with van der Waals surface area (Å²) in [5, 5.41) is 11.2. The number of aliphatic imine (C=N–C) groups is 1. The number of guanidine groups is 1. The van der Waals surface area contributed by atoms with Crippen LogP contribution in [-0.4, -0.2) is 55.6 Å². The molecule has 178 valence electrons. The Morgan fingerprint density at radius 2 is 2.09 bits per heavy atom. The molecule has 0 bridgehead atoms. The van der Waals surface area contributed by atoms with Gasteiger partial charge < -0.3 is 11.1 Å². The molecule has 2 aromatic heterocycles. The summed E-state index contributed by atoms with van der Waals surface area (Å²) in [7, 11) is -3.43. The van der Waals surface area contributed by atoms with Gasteiger partial charge in [0, 0.05) is 12.7 Å². The van der Waals surface area contributed by atoms with Crippen LogP contribution in [-0.2, 0) is 15.5 Å². The number of anilines is 1. The minimum atomic E-state index is -3.43. The number of nitriles is 1. The Morgan fingerprint density at radius 1 is 1.29 bits per heavy atom. The topological polar surface area (TPSA) is 150 Å². The third-order valence-electron chi connectivity index (χ3n) is 5.37. The highest BCUT2D eigenvalue weighted by Crippen LogP contribution is 2.40. The number of alkyl halides is 2. The minimum Gasteiger partial charge on any atom is -0.369 e. The summed E-state index contributed by atoms with van der Waals surface area (Å²) < 4.78 is 62.7. The van der Waals surface area contributed by atoms with Gasteiger partial charge in [-0.05, 0) is 37.1 Å². The summed E-state index contributed by atoms with van der Waals surface area (Å²) in [4.78, 5) is 24.1. The van der Waals surface area contributed by atoms with Crippen molar-refractivity contribution in [3.8, 4) is 6.07 Å². The van der Waals surface area contributed by atoms with E-state index >= 15 is 0 Å². The van der Waals surface area contributed by atoms with Crippen LogP contribution in [0.25, 0.3) is 0 Å². The summed E-state index contributed by atoms with van der Waals surface area (Å²) in [6, 6.07) is 6.45. The molecule has 10 nitrogen and oxygen atoms in total. The van der Waals surface area contributed by atoms with Crippen molar-refractivity contribution in [1.82, 2.24) is 14.3 Å². The number of nitrogens with zero attached hydrogens (tertiary/aromatic N) is 6. The van der Waals surface area contributed by atoms with Crippen LogP contribution in [0, 0.1) is 17.1 Å². The van der Waals surface area contributed by atoms with Crippen LogP contribution >= 0.6 is 0 Å². The SMILES string of the molecule is N#Cc1ccc(C(=O)Nc2ccc(F)c([C@]3(C(F)F)CS4(=O)=NCCCCN4C(N)=N3)n2)nc1. The van der Waals surface area contributed by atoms with Crippen molar-refractivity contribution in [1.29, 1.82) is 5.26 Å². The number of nitrogens with two attached hydrogens (primary N) is 1. The molecule has 0 aliphatic carbocycles. The van der Waals surface area contributed by atoms with Gasteiger partial charge in [0.15, 0.2) is 5.54 Å². The molecule has 34 heavy (non-hydrogen) atoms. The van der Waals surface area contributed by atoms with Gasteiger partial charge in [-0.2, -0.15) is 5.26 Å². The minimum absolute atomic E-state index is 0.0777. The van der Waals surface area contributed by atoms with E-state index in [4.69, 9.17) is 11.0 Å². The highest BCUT2D eigenvalue weighted by Gasteiger charge is 2.53. The number of aromatic nitrogens is 2. The van der Waals surface area contributed by atoms with Gasteiger partial charge in [0.2, 0.25) is 5.96 Å². The molecule has 2 aliphatic rings. The third-order valence-corrected chi connectivity index (χ3v) is 7.83. The van der Waals surface area contributed by atoms with Crippen LogP contribution in [0.5, 0.6) is 0 Å². The van der Waals surface area contributed by atoms with Crippen molar-refractivity contribution >= 4 is 27.6 Å². The van der Waals surface area contributed by atoms with E-state index in [0.29, 0.717) is 12.8 Å². The molecule has 4 rings (SSSR count). The zero-order valence-corrected chi connectivity index (χ0v) is 18.4. The van der Waals surface area contributed by atoms with Crippen molar-refractivity contribution < 1.29 is 22.2 Å². The summed E-state index contributed by atoms with van der Waals surface area (Å²) >= 11 is 0. The number of fused-ring (bicyclic) bond motifs is 1. The first-order chi connectivity index (χ1) is 16.2. The van der Waals surface area contributed by atoms with E-state index in [1.807, 2.05) is 6.07 Å². The molecule has 0 radical (unpaired) electrons. The average molecular weight is 492 g/mol. The molecular weight excluding hydrogens is 473 g/mol. The van der Waals surface area contributed by atoms with Gasteiger partial charge in [-0.3, -0.25) is 9.10 Å². The molecule has 3 N–H and O–H groups in total. The Kier molecular flexibility index (Phi) is 6.13. The van der Waals surface area contributed by atoms with Gasteiger partial charge in [-0.15, -0.1) is 0 Å². The molecule has 1 unspecified atom stereocenters. The molecule has 0 spiro atoms. The number of amides is 1. The molecule has 1 amide bonds. The lowest BCUT2D eigenvalue weighted by Crippen LogP contribution is -2.55. The maximum absolute atomic E-state index is 14.9. The summed E-state index contributed by atoms with van der Waals surface area (Å²) in [6.07, 6.45) is -0.948. The molecule has 0 fully saturated rings. The van der Waals surface area contributed by atoms with Gasteiger partial charge >= 0.3 is 0 Å². The zero-order valence-electron chi connectivity index (χ0n) is 17.6. The lowest BCUT2D eigenvalue weighted by atomic mass is 9.97. The first kappa shape index (κ1) is 23.4. The fourth-order valence-corrected chi connectivity index (χ4v) is 6.13. The second-order valence-corrected chi connectivity index (χ2v) is 9.83. The van der Waals surface area contributed by atoms with E-state index in [0.717, 1.165) is 12.1 Å². The third kappa shape index (κ3) is 4.14. The summed E-state index contributed by atoms with van der Waals surface area (Å²) in [5.41, 5.74) is 2.60. The molecule has 0 saturated carbocycles. The quantitative estimate of drug-likeness (QED) is 0.667. The van der Waals surface area contributed by atoms with Crippen LogP contribution in [0.1, 0.15) is 34.6 Å². The van der Waals surface area contributed by atoms with E-state index < -0.39 is 51.0 Å². The van der Waals surface area contributed by atoms with E-state index in [2.05, 4.69) is 24.6 Å². The number of halogens is 3. The predicted octanol–water partition coefficient (Wildman–Crippen LogP) is 2.01. The van der Waals surface area contributed by atoms with E-state index in [1.165, 1.54) is 22.6 Å². The molecule has 4 heterocycles. The Balaban J connectivity index is 1.75. The van der Waals surface area contributed by atoms with Crippen molar-refractivity contribution in [2.45, 2.75) is 24.8 Å². The maximum Gasteiger partial charge on any atom is 0.275 e. The Hall–Kier alpha value is -3.73. The highest BCUT2D eigenvalue weighted by molar-refractivity contribution is 7.92. The number of hydrogen-bond donors (Lipinski definition) is 2. The first-order valence-corrected chi connectivity index (χ1v) is 11.8. The smallest absolute Gasteiger partial charge is 0.275 e. The molecule has 0 saturated heterocycles. The lowest BCUT2D eigenvalue weighted by molar-refractivity contribution is 0.0592. The molecule has 2 aliphatic heterocycles.